The Morgan fingerprint density at radius 1 is 1.25 bits per heavy atom. The average Bonchev–Trinajstić information content (AvgIpc) is 3.13. The third-order valence-electron chi connectivity index (χ3n) is 6.97. The molecule has 4 N–H and O–H groups in total. The Hall–Kier alpha value is -3.06. The predicted octanol–water partition coefficient (Wildman–Crippen LogP) is 3.90. The molecule has 0 saturated heterocycles. The molecule has 2 aromatic carbocycles. The van der Waals surface area contributed by atoms with Crippen LogP contribution in [0.1, 0.15) is 47.2 Å². The van der Waals surface area contributed by atoms with Crippen LogP contribution in [0.3, 0.4) is 0 Å². The lowest BCUT2D eigenvalue weighted by molar-refractivity contribution is 0.0426. The lowest BCUT2D eigenvalue weighted by atomic mass is 9.87. The first-order chi connectivity index (χ1) is 15.5. The third-order valence-corrected chi connectivity index (χ3v) is 6.97. The summed E-state index contributed by atoms with van der Waals surface area (Å²) in [6.07, 6.45) is 7.92. The van der Waals surface area contributed by atoms with Crippen molar-refractivity contribution in [2.75, 3.05) is 13.2 Å². The Balaban J connectivity index is 1.32. The second-order valence-corrected chi connectivity index (χ2v) is 8.90. The number of carbonyl (C=O) groups is 1. The number of aromatic amines is 1. The molecule has 7 heteroatoms. The van der Waals surface area contributed by atoms with E-state index in [9.17, 15) is 14.3 Å². The summed E-state index contributed by atoms with van der Waals surface area (Å²) in [5.41, 5.74) is 8.77. The third kappa shape index (κ3) is 3.81. The van der Waals surface area contributed by atoms with Crippen molar-refractivity contribution in [3.8, 4) is 11.5 Å². The van der Waals surface area contributed by atoms with Gasteiger partial charge in [0.25, 0.3) is 0 Å². The standard InChI is InChI=1S/C25H28FN3O3/c26-16-6-8-22-20(11-16)15(13-28-22)3-2-10-29(17-4-1-5-17)18-12-21-19(25(27)31)7-9-23(30)24(21)32-14-18/h6-9,11,13,17-18,28,30H,1-5,10,12,14H2,(H2,27,31)/t18-/m1/s1. The summed E-state index contributed by atoms with van der Waals surface area (Å²) in [6.45, 7) is 1.36. The van der Waals surface area contributed by atoms with Gasteiger partial charge in [0, 0.05) is 40.3 Å². The summed E-state index contributed by atoms with van der Waals surface area (Å²) in [5.74, 6) is -0.301. The molecule has 1 amide bonds. The number of benzene rings is 2. The molecule has 1 aliphatic carbocycles. The molecule has 0 unspecified atom stereocenters. The summed E-state index contributed by atoms with van der Waals surface area (Å²) < 4.78 is 19.6. The zero-order chi connectivity index (χ0) is 22.2. The molecule has 0 spiro atoms. The maximum atomic E-state index is 13.7. The van der Waals surface area contributed by atoms with Crippen LogP contribution < -0.4 is 10.5 Å². The first-order valence-corrected chi connectivity index (χ1v) is 11.3. The van der Waals surface area contributed by atoms with E-state index in [4.69, 9.17) is 10.5 Å². The molecule has 1 fully saturated rings. The fourth-order valence-corrected chi connectivity index (χ4v) is 5.09. The Morgan fingerprint density at radius 2 is 2.09 bits per heavy atom. The molecule has 2 aliphatic rings. The number of nitrogens with one attached hydrogen (secondary N) is 1. The maximum absolute atomic E-state index is 13.7. The minimum absolute atomic E-state index is 0.0465. The van der Waals surface area contributed by atoms with E-state index in [0.29, 0.717) is 35.9 Å². The van der Waals surface area contributed by atoms with Gasteiger partial charge in [-0.05, 0) is 74.5 Å². The van der Waals surface area contributed by atoms with E-state index in [2.05, 4.69) is 9.88 Å². The highest BCUT2D eigenvalue weighted by atomic mass is 19.1. The van der Waals surface area contributed by atoms with E-state index in [1.54, 1.807) is 18.2 Å². The number of aryl methyl sites for hydroxylation is 1. The first kappa shape index (κ1) is 20.8. The normalized spacial score (nSPS) is 18.4. The number of H-pyrrole nitrogens is 1. The number of hydrogen-bond donors (Lipinski definition) is 3. The Morgan fingerprint density at radius 3 is 2.84 bits per heavy atom. The lowest BCUT2D eigenvalue weighted by Crippen LogP contribution is -2.51. The fraction of sp³-hybridized carbons (Fsp3) is 0.400. The molecular formula is C25H28FN3O3. The highest BCUT2D eigenvalue weighted by Gasteiger charge is 2.35. The summed E-state index contributed by atoms with van der Waals surface area (Å²) in [5, 5.41) is 11.1. The molecule has 168 valence electrons. The van der Waals surface area contributed by atoms with E-state index in [0.717, 1.165) is 48.7 Å². The Kier molecular flexibility index (Phi) is 5.51. The molecule has 0 bridgehead atoms. The highest BCUT2D eigenvalue weighted by Crippen LogP contribution is 2.39. The van der Waals surface area contributed by atoms with Crippen LogP contribution in [-0.4, -0.2) is 46.1 Å². The van der Waals surface area contributed by atoms with Crippen LogP contribution in [-0.2, 0) is 12.8 Å². The van der Waals surface area contributed by atoms with Crippen molar-refractivity contribution < 1.29 is 19.0 Å². The summed E-state index contributed by atoms with van der Waals surface area (Å²) in [7, 11) is 0. The van der Waals surface area contributed by atoms with Crippen LogP contribution in [0, 0.1) is 5.82 Å². The largest absolute Gasteiger partial charge is 0.504 e. The Labute approximate surface area is 186 Å². The van der Waals surface area contributed by atoms with E-state index >= 15 is 0 Å². The van der Waals surface area contributed by atoms with E-state index in [1.165, 1.54) is 18.6 Å². The van der Waals surface area contributed by atoms with Gasteiger partial charge in [-0.3, -0.25) is 9.69 Å². The van der Waals surface area contributed by atoms with E-state index in [1.807, 2.05) is 6.20 Å². The lowest BCUT2D eigenvalue weighted by Gasteiger charge is -2.44. The number of halogens is 1. The number of aromatic nitrogens is 1. The maximum Gasteiger partial charge on any atom is 0.249 e. The molecule has 3 aromatic rings. The molecule has 6 nitrogen and oxygen atoms in total. The predicted molar refractivity (Wildman–Crippen MR) is 121 cm³/mol. The van der Waals surface area contributed by atoms with Gasteiger partial charge in [-0.25, -0.2) is 4.39 Å². The number of phenols is 1. The molecule has 5 rings (SSSR count). The van der Waals surface area contributed by atoms with Crippen LogP contribution in [0.4, 0.5) is 4.39 Å². The first-order valence-electron chi connectivity index (χ1n) is 11.3. The average molecular weight is 438 g/mol. The number of phenolic OH excluding ortho intramolecular Hbond substituents is 1. The molecule has 1 atom stereocenters. The van der Waals surface area contributed by atoms with Crippen molar-refractivity contribution in [1.29, 1.82) is 0 Å². The van der Waals surface area contributed by atoms with Crippen molar-refractivity contribution in [2.24, 2.45) is 5.73 Å². The van der Waals surface area contributed by atoms with Crippen LogP contribution in [0.2, 0.25) is 0 Å². The van der Waals surface area contributed by atoms with Gasteiger partial charge in [0.1, 0.15) is 12.4 Å². The quantitative estimate of drug-likeness (QED) is 0.523. The number of carbonyl (C=O) groups excluding carboxylic acids is 1. The number of nitrogens with zero attached hydrogens (tertiary/aromatic N) is 1. The molecular weight excluding hydrogens is 409 g/mol. The van der Waals surface area contributed by atoms with Gasteiger partial charge in [-0.1, -0.05) is 6.42 Å². The van der Waals surface area contributed by atoms with Gasteiger partial charge in [-0.15, -0.1) is 0 Å². The van der Waals surface area contributed by atoms with Crippen LogP contribution in [0.25, 0.3) is 10.9 Å². The van der Waals surface area contributed by atoms with Gasteiger partial charge in [0.15, 0.2) is 11.5 Å². The van der Waals surface area contributed by atoms with Crippen LogP contribution in [0.5, 0.6) is 11.5 Å². The van der Waals surface area contributed by atoms with Crippen molar-refractivity contribution >= 4 is 16.8 Å². The van der Waals surface area contributed by atoms with Gasteiger partial charge in [0.05, 0.1) is 0 Å². The molecule has 2 heterocycles. The monoisotopic (exact) mass is 437 g/mol. The van der Waals surface area contributed by atoms with Crippen LogP contribution in [0.15, 0.2) is 36.5 Å². The van der Waals surface area contributed by atoms with Crippen molar-refractivity contribution in [3.05, 3.63) is 59.0 Å². The number of fused-ring (bicyclic) bond motifs is 2. The van der Waals surface area contributed by atoms with Gasteiger partial charge in [-0.2, -0.15) is 0 Å². The molecule has 1 aromatic heterocycles. The topological polar surface area (TPSA) is 91.6 Å². The number of nitrogens with two attached hydrogens (primary N) is 1. The van der Waals surface area contributed by atoms with Gasteiger partial charge < -0.3 is 20.6 Å². The van der Waals surface area contributed by atoms with Crippen molar-refractivity contribution in [1.82, 2.24) is 9.88 Å². The van der Waals surface area contributed by atoms with Gasteiger partial charge >= 0.3 is 0 Å². The highest BCUT2D eigenvalue weighted by molar-refractivity contribution is 5.95. The number of rotatable bonds is 7. The van der Waals surface area contributed by atoms with Crippen molar-refractivity contribution in [3.63, 3.8) is 0 Å². The zero-order valence-corrected chi connectivity index (χ0v) is 17.9. The molecule has 1 saturated carbocycles. The number of ether oxygens (including phenoxy) is 1. The fourth-order valence-electron chi connectivity index (χ4n) is 5.09. The summed E-state index contributed by atoms with van der Waals surface area (Å²) in [6, 6.07) is 8.50. The smallest absolute Gasteiger partial charge is 0.249 e. The van der Waals surface area contributed by atoms with E-state index in [-0.39, 0.29) is 17.6 Å². The number of hydrogen-bond acceptors (Lipinski definition) is 4. The number of primary amides is 1. The summed E-state index contributed by atoms with van der Waals surface area (Å²) in [4.78, 5) is 17.7. The molecule has 32 heavy (non-hydrogen) atoms. The SMILES string of the molecule is NC(=O)c1ccc(O)c2c1C[C@@H](N(CCCc1c[nH]c3ccc(F)cc13)C1CCC1)CO2. The molecule has 0 radical (unpaired) electrons. The van der Waals surface area contributed by atoms with Gasteiger partial charge in [0.2, 0.25) is 5.91 Å². The zero-order valence-electron chi connectivity index (χ0n) is 17.9. The van der Waals surface area contributed by atoms with E-state index < -0.39 is 5.91 Å². The molecule has 1 aliphatic heterocycles. The van der Waals surface area contributed by atoms with Crippen molar-refractivity contribution in [2.45, 2.75) is 50.6 Å². The summed E-state index contributed by atoms with van der Waals surface area (Å²) >= 11 is 0. The number of aromatic hydroxyl groups is 1. The second kappa shape index (κ2) is 8.47. The van der Waals surface area contributed by atoms with Crippen LogP contribution >= 0.6 is 0 Å². The number of amides is 1. The Bertz CT molecular complexity index is 1150. The second-order valence-electron chi connectivity index (χ2n) is 8.90. The minimum atomic E-state index is -0.507. The minimum Gasteiger partial charge on any atom is -0.504 e.